The average molecular weight is 287 g/mol. The lowest BCUT2D eigenvalue weighted by atomic mass is 10.0. The third kappa shape index (κ3) is 2.22. The molecule has 0 bridgehead atoms. The van der Waals surface area contributed by atoms with E-state index in [-0.39, 0.29) is 12.1 Å². The van der Waals surface area contributed by atoms with Crippen LogP contribution in [0.5, 0.6) is 11.5 Å². The summed E-state index contributed by atoms with van der Waals surface area (Å²) in [5.74, 6) is 2.33. The minimum Gasteiger partial charge on any atom is -0.496 e. The van der Waals surface area contributed by atoms with Crippen molar-refractivity contribution in [2.24, 2.45) is 0 Å². The van der Waals surface area contributed by atoms with Gasteiger partial charge in [0.2, 0.25) is 0 Å². The Hall–Kier alpha value is -2.17. The molecule has 0 saturated heterocycles. The summed E-state index contributed by atoms with van der Waals surface area (Å²) in [6, 6.07) is 4.28. The maximum Gasteiger partial charge on any atom is 0.131 e. The molecule has 2 aromatic rings. The molecule has 2 N–H and O–H groups in total. The first-order chi connectivity index (χ1) is 10.0. The van der Waals surface area contributed by atoms with Gasteiger partial charge in [0.1, 0.15) is 29.1 Å². The Morgan fingerprint density at radius 3 is 2.81 bits per heavy atom. The van der Waals surface area contributed by atoms with Crippen molar-refractivity contribution in [1.29, 1.82) is 0 Å². The van der Waals surface area contributed by atoms with Gasteiger partial charge in [0.05, 0.1) is 13.4 Å². The van der Waals surface area contributed by atoms with Crippen molar-refractivity contribution >= 4 is 5.82 Å². The van der Waals surface area contributed by atoms with Gasteiger partial charge in [-0.25, -0.2) is 4.98 Å². The molecule has 3 rings (SSSR count). The van der Waals surface area contributed by atoms with Crippen LogP contribution in [0, 0.1) is 0 Å². The Morgan fingerprint density at radius 1 is 1.43 bits per heavy atom. The van der Waals surface area contributed by atoms with Crippen LogP contribution in [0.15, 0.2) is 18.5 Å². The van der Waals surface area contributed by atoms with Crippen molar-refractivity contribution in [2.75, 3.05) is 12.8 Å². The van der Waals surface area contributed by atoms with Crippen molar-refractivity contribution in [3.63, 3.8) is 0 Å². The van der Waals surface area contributed by atoms with E-state index in [1.807, 2.05) is 16.7 Å². The Labute approximate surface area is 124 Å². The fourth-order valence-corrected chi connectivity index (χ4v) is 2.78. The van der Waals surface area contributed by atoms with E-state index >= 15 is 0 Å². The van der Waals surface area contributed by atoms with Crippen molar-refractivity contribution in [3.8, 4) is 22.8 Å². The van der Waals surface area contributed by atoms with Crippen LogP contribution in [-0.4, -0.2) is 22.8 Å². The van der Waals surface area contributed by atoms with E-state index in [2.05, 4.69) is 25.8 Å². The van der Waals surface area contributed by atoms with E-state index < -0.39 is 0 Å². The maximum atomic E-state index is 6.24. The molecule has 1 aromatic carbocycles. The van der Waals surface area contributed by atoms with Gasteiger partial charge in [0.15, 0.2) is 0 Å². The lowest BCUT2D eigenvalue weighted by Crippen LogP contribution is -2.05. The van der Waals surface area contributed by atoms with Crippen LogP contribution in [0.2, 0.25) is 0 Å². The lowest BCUT2D eigenvalue weighted by molar-refractivity contribution is 0.254. The minimum atomic E-state index is 0.200. The van der Waals surface area contributed by atoms with Crippen molar-refractivity contribution < 1.29 is 9.47 Å². The van der Waals surface area contributed by atoms with Crippen LogP contribution in [0.25, 0.3) is 11.3 Å². The van der Waals surface area contributed by atoms with Gasteiger partial charge in [0.25, 0.3) is 0 Å². The van der Waals surface area contributed by atoms with Crippen molar-refractivity contribution in [1.82, 2.24) is 9.55 Å². The number of imidazole rings is 1. The molecule has 5 heteroatoms. The van der Waals surface area contributed by atoms with Gasteiger partial charge in [-0.3, -0.25) is 0 Å². The molecule has 5 nitrogen and oxygen atoms in total. The highest BCUT2D eigenvalue weighted by Gasteiger charge is 2.24. The molecule has 1 atom stereocenters. The average Bonchev–Trinajstić information content (AvgIpc) is 2.98. The smallest absolute Gasteiger partial charge is 0.131 e. The van der Waals surface area contributed by atoms with Gasteiger partial charge in [-0.2, -0.15) is 0 Å². The Balaban J connectivity index is 2.12. The molecule has 0 fully saturated rings. The second kappa shape index (κ2) is 4.98. The van der Waals surface area contributed by atoms with Gasteiger partial charge >= 0.3 is 0 Å². The predicted octanol–water partition coefficient (Wildman–Crippen LogP) is 3.05. The summed E-state index contributed by atoms with van der Waals surface area (Å²) >= 11 is 0. The van der Waals surface area contributed by atoms with Gasteiger partial charge in [0, 0.05) is 23.6 Å². The predicted molar refractivity (Wildman–Crippen MR) is 82.8 cm³/mol. The summed E-state index contributed by atoms with van der Waals surface area (Å²) in [6.07, 6.45) is 2.87. The Morgan fingerprint density at radius 2 is 2.19 bits per heavy atom. The zero-order valence-corrected chi connectivity index (χ0v) is 12.9. The molecular weight excluding hydrogens is 266 g/mol. The molecule has 0 amide bonds. The third-order valence-corrected chi connectivity index (χ3v) is 3.86. The first-order valence-corrected chi connectivity index (χ1v) is 7.21. The summed E-state index contributed by atoms with van der Waals surface area (Å²) in [4.78, 5) is 4.46. The first kappa shape index (κ1) is 13.8. The summed E-state index contributed by atoms with van der Waals surface area (Å²) in [5.41, 5.74) is 9.03. The van der Waals surface area contributed by atoms with E-state index in [0.717, 1.165) is 29.2 Å². The highest BCUT2D eigenvalue weighted by Crippen LogP contribution is 2.41. The van der Waals surface area contributed by atoms with Crippen LogP contribution < -0.4 is 15.2 Å². The zero-order valence-electron chi connectivity index (χ0n) is 12.9. The Kier molecular flexibility index (Phi) is 3.27. The number of aromatic nitrogens is 2. The number of fused-ring (bicyclic) bond motifs is 1. The molecule has 1 aromatic heterocycles. The number of methoxy groups -OCH3 is 1. The fraction of sp³-hybridized carbons (Fsp3) is 0.438. The SMILES string of the molecule is COc1cc2c(cc1-c1ncn(C(C)C)c1N)OC(C)C2. The number of hydrogen-bond donors (Lipinski definition) is 1. The topological polar surface area (TPSA) is 62.3 Å². The number of rotatable bonds is 3. The second-order valence-electron chi connectivity index (χ2n) is 5.77. The lowest BCUT2D eigenvalue weighted by Gasteiger charge is -2.12. The monoisotopic (exact) mass is 287 g/mol. The number of ether oxygens (including phenoxy) is 2. The van der Waals surface area contributed by atoms with Crippen molar-refractivity contribution in [3.05, 3.63) is 24.0 Å². The molecule has 0 aliphatic carbocycles. The minimum absolute atomic E-state index is 0.200. The van der Waals surface area contributed by atoms with Gasteiger partial charge in [-0.15, -0.1) is 0 Å². The number of nitrogens with two attached hydrogens (primary N) is 1. The normalized spacial score (nSPS) is 16.9. The number of hydrogen-bond acceptors (Lipinski definition) is 4. The van der Waals surface area contributed by atoms with Gasteiger partial charge in [-0.05, 0) is 32.9 Å². The van der Waals surface area contributed by atoms with Crippen LogP contribution in [-0.2, 0) is 6.42 Å². The summed E-state index contributed by atoms with van der Waals surface area (Å²) in [7, 11) is 1.67. The molecule has 1 aliphatic heterocycles. The van der Waals surface area contributed by atoms with E-state index in [4.69, 9.17) is 15.2 Å². The number of nitrogens with zero attached hydrogens (tertiary/aromatic N) is 2. The molecular formula is C16H21N3O2. The molecule has 21 heavy (non-hydrogen) atoms. The number of nitrogen functional groups attached to an aromatic ring is 1. The molecule has 0 saturated carbocycles. The zero-order chi connectivity index (χ0) is 15.1. The molecule has 112 valence electrons. The molecule has 2 heterocycles. The van der Waals surface area contributed by atoms with E-state index in [1.165, 1.54) is 5.56 Å². The van der Waals surface area contributed by atoms with E-state index in [1.54, 1.807) is 13.4 Å². The fourth-order valence-electron chi connectivity index (χ4n) is 2.78. The number of anilines is 1. The standard InChI is InChI=1S/C16H21N3O2/c1-9(2)19-8-18-15(16(19)17)12-7-13-11(5-10(3)21-13)6-14(12)20-4/h6-10H,5,17H2,1-4H3. The molecule has 0 radical (unpaired) electrons. The Bertz CT molecular complexity index is 676. The van der Waals surface area contributed by atoms with Gasteiger partial charge in [-0.1, -0.05) is 0 Å². The quantitative estimate of drug-likeness (QED) is 0.942. The third-order valence-electron chi connectivity index (χ3n) is 3.86. The van der Waals surface area contributed by atoms with Crippen LogP contribution in [0.1, 0.15) is 32.4 Å². The van der Waals surface area contributed by atoms with Crippen LogP contribution in [0.3, 0.4) is 0 Å². The maximum absolute atomic E-state index is 6.24. The largest absolute Gasteiger partial charge is 0.496 e. The second-order valence-corrected chi connectivity index (χ2v) is 5.77. The highest BCUT2D eigenvalue weighted by molar-refractivity contribution is 5.78. The van der Waals surface area contributed by atoms with Crippen molar-refractivity contribution in [2.45, 2.75) is 39.3 Å². The highest BCUT2D eigenvalue weighted by atomic mass is 16.5. The molecule has 1 aliphatic rings. The first-order valence-electron chi connectivity index (χ1n) is 7.21. The number of benzene rings is 1. The molecule has 0 spiro atoms. The summed E-state index contributed by atoms with van der Waals surface area (Å²) in [5, 5.41) is 0. The van der Waals surface area contributed by atoms with E-state index in [9.17, 15) is 0 Å². The summed E-state index contributed by atoms with van der Waals surface area (Å²) in [6.45, 7) is 6.22. The summed E-state index contributed by atoms with van der Waals surface area (Å²) < 4.78 is 13.3. The van der Waals surface area contributed by atoms with E-state index in [0.29, 0.717) is 5.82 Å². The van der Waals surface area contributed by atoms with Crippen LogP contribution >= 0.6 is 0 Å². The van der Waals surface area contributed by atoms with Crippen LogP contribution in [0.4, 0.5) is 5.82 Å². The van der Waals surface area contributed by atoms with Gasteiger partial charge < -0.3 is 19.8 Å². The molecule has 1 unspecified atom stereocenters.